The maximum Gasteiger partial charge on any atom is 0.324 e. The quantitative estimate of drug-likeness (QED) is 0.834. The second-order valence-electron chi connectivity index (χ2n) is 6.22. The van der Waals surface area contributed by atoms with Crippen LogP contribution in [-0.4, -0.2) is 48.7 Å². The average Bonchev–Trinajstić information content (AvgIpc) is 3.28. The van der Waals surface area contributed by atoms with E-state index >= 15 is 0 Å². The van der Waals surface area contributed by atoms with Crippen molar-refractivity contribution in [1.82, 2.24) is 10.3 Å². The van der Waals surface area contributed by atoms with E-state index in [1.165, 1.54) is 11.3 Å². The summed E-state index contributed by atoms with van der Waals surface area (Å²) >= 11 is 1.50. The fourth-order valence-electron chi connectivity index (χ4n) is 3.70. The Balaban J connectivity index is 1.56. The van der Waals surface area contributed by atoms with Gasteiger partial charge in [0.15, 0.2) is 5.13 Å². The molecule has 7 nitrogen and oxygen atoms in total. The van der Waals surface area contributed by atoms with Gasteiger partial charge < -0.3 is 19.6 Å². The predicted octanol–water partition coefficient (Wildman–Crippen LogP) is 1.49. The smallest absolute Gasteiger partial charge is 0.324 e. The van der Waals surface area contributed by atoms with Gasteiger partial charge in [0.05, 0.1) is 35.5 Å². The highest BCUT2D eigenvalue weighted by molar-refractivity contribution is 7.22. The van der Waals surface area contributed by atoms with E-state index in [2.05, 4.69) is 5.32 Å². The van der Waals surface area contributed by atoms with Crippen molar-refractivity contribution in [3.05, 3.63) is 17.7 Å². The maximum absolute atomic E-state index is 12.5. The summed E-state index contributed by atoms with van der Waals surface area (Å²) in [5.74, 6) is 0.884. The number of nitrogens with zero attached hydrogens (tertiary/aromatic N) is 2. The van der Waals surface area contributed by atoms with Gasteiger partial charge in [0.1, 0.15) is 18.1 Å². The number of aldehydes is 1. The Labute approximate surface area is 141 Å². The molecule has 124 valence electrons. The number of thiazole rings is 1. The topological polar surface area (TPSA) is 80.8 Å². The molecule has 3 aliphatic heterocycles. The van der Waals surface area contributed by atoms with Crippen molar-refractivity contribution in [2.75, 3.05) is 18.1 Å². The standard InChI is InChI=1S/C16H15N3O4S/c20-6-8-5-11-10(7-23-8)17-15(21)19(11)16-18-14-9-3-4-22-12(9)1-2-13(14)24-16/h1-2,6,8,10-11H,3-5,7H2,(H,17,21)/t8-,10+,11-/m1/s1. The second-order valence-corrected chi connectivity index (χ2v) is 7.23. The molecule has 1 N–H and O–H groups in total. The lowest BCUT2D eigenvalue weighted by atomic mass is 10.00. The Hall–Kier alpha value is -2.19. The Morgan fingerprint density at radius 2 is 2.33 bits per heavy atom. The molecule has 3 aliphatic rings. The number of anilines is 1. The fourth-order valence-corrected chi connectivity index (χ4v) is 4.75. The number of urea groups is 1. The number of amides is 2. The summed E-state index contributed by atoms with van der Waals surface area (Å²) in [5.41, 5.74) is 2.03. The number of benzene rings is 1. The molecule has 0 saturated carbocycles. The van der Waals surface area contributed by atoms with Crippen LogP contribution < -0.4 is 15.0 Å². The van der Waals surface area contributed by atoms with E-state index in [1.807, 2.05) is 12.1 Å². The summed E-state index contributed by atoms with van der Waals surface area (Å²) in [7, 11) is 0. The summed E-state index contributed by atoms with van der Waals surface area (Å²) in [4.78, 5) is 29.9. The fraction of sp³-hybridized carbons (Fsp3) is 0.438. The number of hydrogen-bond donors (Lipinski definition) is 1. The van der Waals surface area contributed by atoms with Crippen LogP contribution in [0.15, 0.2) is 12.1 Å². The van der Waals surface area contributed by atoms with Crippen LogP contribution in [0.3, 0.4) is 0 Å². The molecule has 3 atom stereocenters. The molecule has 8 heteroatoms. The molecule has 2 fully saturated rings. The first-order chi connectivity index (χ1) is 11.7. The largest absolute Gasteiger partial charge is 0.493 e. The van der Waals surface area contributed by atoms with Crippen LogP contribution in [0.4, 0.5) is 9.93 Å². The number of fused-ring (bicyclic) bond motifs is 4. The predicted molar refractivity (Wildman–Crippen MR) is 87.8 cm³/mol. The highest BCUT2D eigenvalue weighted by Crippen LogP contribution is 2.39. The number of carbonyl (C=O) groups is 2. The molecule has 5 rings (SSSR count). The van der Waals surface area contributed by atoms with Gasteiger partial charge in [-0.05, 0) is 12.1 Å². The highest BCUT2D eigenvalue weighted by atomic mass is 32.1. The van der Waals surface area contributed by atoms with Crippen LogP contribution in [0.1, 0.15) is 12.0 Å². The number of hydrogen-bond acceptors (Lipinski definition) is 6. The molecular formula is C16H15N3O4S. The van der Waals surface area contributed by atoms with Gasteiger partial charge in [0.2, 0.25) is 0 Å². The van der Waals surface area contributed by atoms with Gasteiger partial charge in [-0.1, -0.05) is 11.3 Å². The molecule has 1 aromatic heterocycles. The minimum absolute atomic E-state index is 0.102. The van der Waals surface area contributed by atoms with Crippen molar-refractivity contribution in [1.29, 1.82) is 0 Å². The first kappa shape index (κ1) is 14.2. The molecule has 2 aromatic rings. The van der Waals surface area contributed by atoms with Gasteiger partial charge in [-0.2, -0.15) is 0 Å². The number of carbonyl (C=O) groups excluding carboxylic acids is 2. The van der Waals surface area contributed by atoms with Gasteiger partial charge in [-0.3, -0.25) is 4.90 Å². The normalized spacial score (nSPS) is 28.4. The van der Waals surface area contributed by atoms with Crippen molar-refractivity contribution in [2.45, 2.75) is 31.0 Å². The molecule has 24 heavy (non-hydrogen) atoms. The molecule has 2 saturated heterocycles. The van der Waals surface area contributed by atoms with E-state index in [-0.39, 0.29) is 18.1 Å². The second kappa shape index (κ2) is 5.15. The van der Waals surface area contributed by atoms with Crippen molar-refractivity contribution < 1.29 is 19.1 Å². The third kappa shape index (κ3) is 1.96. The molecule has 0 bridgehead atoms. The summed E-state index contributed by atoms with van der Waals surface area (Å²) in [6.45, 7) is 1.03. The van der Waals surface area contributed by atoms with Crippen LogP contribution in [0.25, 0.3) is 10.2 Å². The minimum atomic E-state index is -0.464. The van der Waals surface area contributed by atoms with Gasteiger partial charge in [-0.25, -0.2) is 9.78 Å². The van der Waals surface area contributed by atoms with Gasteiger partial charge in [-0.15, -0.1) is 0 Å². The lowest BCUT2D eigenvalue weighted by molar-refractivity contribution is -0.121. The van der Waals surface area contributed by atoms with Gasteiger partial charge in [0, 0.05) is 18.4 Å². The monoisotopic (exact) mass is 345 g/mol. The summed E-state index contributed by atoms with van der Waals surface area (Å²) < 4.78 is 12.1. The third-order valence-corrected chi connectivity index (χ3v) is 5.89. The van der Waals surface area contributed by atoms with Gasteiger partial charge in [0.25, 0.3) is 0 Å². The lowest BCUT2D eigenvalue weighted by Crippen LogP contribution is -2.47. The summed E-state index contributed by atoms with van der Waals surface area (Å²) in [6, 6.07) is 3.58. The first-order valence-corrected chi connectivity index (χ1v) is 8.78. The lowest BCUT2D eigenvalue weighted by Gasteiger charge is -2.31. The maximum atomic E-state index is 12.5. The molecule has 0 unspecified atom stereocenters. The molecule has 2 amide bonds. The number of rotatable bonds is 2. The Kier molecular flexibility index (Phi) is 3.04. The zero-order valence-corrected chi connectivity index (χ0v) is 13.5. The van der Waals surface area contributed by atoms with Gasteiger partial charge >= 0.3 is 6.03 Å². The van der Waals surface area contributed by atoms with E-state index in [0.29, 0.717) is 24.8 Å². The number of nitrogens with one attached hydrogen (secondary N) is 1. The molecule has 0 spiro atoms. The van der Waals surface area contributed by atoms with Crippen molar-refractivity contribution >= 4 is 39.0 Å². The van der Waals surface area contributed by atoms with E-state index < -0.39 is 6.10 Å². The Morgan fingerprint density at radius 1 is 1.42 bits per heavy atom. The van der Waals surface area contributed by atoms with E-state index in [4.69, 9.17) is 14.5 Å². The van der Waals surface area contributed by atoms with Crippen molar-refractivity contribution in [3.8, 4) is 5.75 Å². The molecular weight excluding hydrogens is 330 g/mol. The van der Waals surface area contributed by atoms with Crippen LogP contribution in [0.5, 0.6) is 5.75 Å². The molecule has 0 radical (unpaired) electrons. The Bertz CT molecular complexity index is 851. The Morgan fingerprint density at radius 3 is 3.21 bits per heavy atom. The third-order valence-electron chi connectivity index (χ3n) is 4.87. The van der Waals surface area contributed by atoms with Crippen molar-refractivity contribution in [2.24, 2.45) is 0 Å². The average molecular weight is 345 g/mol. The summed E-state index contributed by atoms with van der Waals surface area (Å²) in [6.07, 6.45) is 1.67. The summed E-state index contributed by atoms with van der Waals surface area (Å²) in [5, 5.41) is 3.60. The first-order valence-electron chi connectivity index (χ1n) is 7.96. The number of aromatic nitrogens is 1. The van der Waals surface area contributed by atoms with Crippen LogP contribution in [-0.2, 0) is 16.0 Å². The van der Waals surface area contributed by atoms with E-state index in [1.54, 1.807) is 4.90 Å². The van der Waals surface area contributed by atoms with Crippen LogP contribution in [0, 0.1) is 0 Å². The highest BCUT2D eigenvalue weighted by Gasteiger charge is 2.45. The van der Waals surface area contributed by atoms with Crippen LogP contribution in [0.2, 0.25) is 0 Å². The molecule has 1 aromatic carbocycles. The van der Waals surface area contributed by atoms with E-state index in [0.717, 1.165) is 34.2 Å². The molecule has 0 aliphatic carbocycles. The zero-order chi connectivity index (χ0) is 16.3. The molecule has 4 heterocycles. The minimum Gasteiger partial charge on any atom is -0.493 e. The van der Waals surface area contributed by atoms with Crippen LogP contribution >= 0.6 is 11.3 Å². The van der Waals surface area contributed by atoms with E-state index in [9.17, 15) is 9.59 Å². The zero-order valence-electron chi connectivity index (χ0n) is 12.7. The number of ether oxygens (including phenoxy) is 2. The van der Waals surface area contributed by atoms with Crippen molar-refractivity contribution in [3.63, 3.8) is 0 Å². The SMILES string of the molecule is O=C[C@H]1C[C@@H]2[C@H](CO1)NC(=O)N2c1nc2c3c(ccc2s1)OCC3.